The number of hydrogen-bond acceptors (Lipinski definition) is 4. The SMILES string of the molecule is CCOc1cc(CN(C)C(=O)C2CCCN2)ccc1OC(F)F. The molecule has 1 aliphatic rings. The molecule has 1 unspecified atom stereocenters. The highest BCUT2D eigenvalue weighted by molar-refractivity contribution is 5.81. The third-order valence-corrected chi connectivity index (χ3v) is 3.68. The highest BCUT2D eigenvalue weighted by Gasteiger charge is 2.25. The van der Waals surface area contributed by atoms with Gasteiger partial charge in [0.2, 0.25) is 5.91 Å². The zero-order chi connectivity index (χ0) is 16.8. The molecular weight excluding hydrogens is 306 g/mol. The predicted molar refractivity (Wildman–Crippen MR) is 81.7 cm³/mol. The van der Waals surface area contributed by atoms with Gasteiger partial charge in [-0.05, 0) is 44.0 Å². The van der Waals surface area contributed by atoms with Crippen LogP contribution in [-0.4, -0.2) is 43.7 Å². The van der Waals surface area contributed by atoms with Crippen LogP contribution in [-0.2, 0) is 11.3 Å². The van der Waals surface area contributed by atoms with Gasteiger partial charge in [0.1, 0.15) is 0 Å². The van der Waals surface area contributed by atoms with E-state index in [1.54, 1.807) is 31.0 Å². The van der Waals surface area contributed by atoms with Crippen LogP contribution in [0.5, 0.6) is 11.5 Å². The van der Waals surface area contributed by atoms with Crippen LogP contribution in [0.4, 0.5) is 8.78 Å². The summed E-state index contributed by atoms with van der Waals surface area (Å²) in [6.45, 7) is 0.437. The van der Waals surface area contributed by atoms with Gasteiger partial charge in [-0.2, -0.15) is 8.78 Å². The van der Waals surface area contributed by atoms with Crippen molar-refractivity contribution in [1.82, 2.24) is 10.2 Å². The van der Waals surface area contributed by atoms with E-state index < -0.39 is 6.61 Å². The van der Waals surface area contributed by atoms with Crippen LogP contribution in [0.2, 0.25) is 0 Å². The maximum atomic E-state index is 12.4. The standard InChI is InChI=1S/C16H22F2N2O3/c1-3-22-14-9-11(6-7-13(14)23-16(17)18)10-20(2)15(21)12-5-4-8-19-12/h6-7,9,12,16,19H,3-5,8,10H2,1-2H3. The van der Waals surface area contributed by atoms with E-state index >= 15 is 0 Å². The summed E-state index contributed by atoms with van der Waals surface area (Å²) >= 11 is 0. The lowest BCUT2D eigenvalue weighted by molar-refractivity contribution is -0.132. The van der Waals surface area contributed by atoms with E-state index in [1.807, 2.05) is 0 Å². The smallest absolute Gasteiger partial charge is 0.387 e. The molecule has 1 fully saturated rings. The lowest BCUT2D eigenvalue weighted by atomic mass is 10.1. The summed E-state index contributed by atoms with van der Waals surface area (Å²) in [5.41, 5.74) is 0.795. The Morgan fingerprint density at radius 2 is 2.22 bits per heavy atom. The molecule has 0 spiro atoms. The Kier molecular flexibility index (Phi) is 6.15. The predicted octanol–water partition coefficient (Wildman–Crippen LogP) is 2.40. The average molecular weight is 328 g/mol. The number of nitrogens with zero attached hydrogens (tertiary/aromatic N) is 1. The van der Waals surface area contributed by atoms with Gasteiger partial charge in [0, 0.05) is 13.6 Å². The number of amides is 1. The number of halogens is 2. The number of nitrogens with one attached hydrogen (secondary N) is 1. The summed E-state index contributed by atoms with van der Waals surface area (Å²) in [6.07, 6.45) is 1.84. The van der Waals surface area contributed by atoms with Crippen LogP contribution in [0.15, 0.2) is 18.2 Å². The minimum Gasteiger partial charge on any atom is -0.490 e. The normalized spacial score (nSPS) is 17.3. The van der Waals surface area contributed by atoms with Crippen LogP contribution in [0.1, 0.15) is 25.3 Å². The highest BCUT2D eigenvalue weighted by Crippen LogP contribution is 2.30. The van der Waals surface area contributed by atoms with Crippen molar-refractivity contribution in [2.24, 2.45) is 0 Å². The highest BCUT2D eigenvalue weighted by atomic mass is 19.3. The molecule has 0 radical (unpaired) electrons. The van der Waals surface area contributed by atoms with Gasteiger partial charge in [0.25, 0.3) is 0 Å². The van der Waals surface area contributed by atoms with Gasteiger partial charge in [0.15, 0.2) is 11.5 Å². The number of carbonyl (C=O) groups is 1. The summed E-state index contributed by atoms with van der Waals surface area (Å²) in [4.78, 5) is 13.9. The summed E-state index contributed by atoms with van der Waals surface area (Å²) < 4.78 is 34.6. The van der Waals surface area contributed by atoms with Crippen molar-refractivity contribution in [3.8, 4) is 11.5 Å². The van der Waals surface area contributed by atoms with Crippen molar-refractivity contribution in [1.29, 1.82) is 0 Å². The van der Waals surface area contributed by atoms with Gasteiger partial charge in [-0.3, -0.25) is 4.79 Å². The maximum Gasteiger partial charge on any atom is 0.387 e. The minimum atomic E-state index is -2.90. The first-order valence-corrected chi connectivity index (χ1v) is 7.70. The Balaban J connectivity index is 2.06. The third-order valence-electron chi connectivity index (χ3n) is 3.68. The quantitative estimate of drug-likeness (QED) is 0.835. The van der Waals surface area contributed by atoms with Crippen LogP contribution in [0.3, 0.4) is 0 Å². The molecule has 5 nitrogen and oxygen atoms in total. The fourth-order valence-corrected chi connectivity index (χ4v) is 2.63. The molecule has 1 aromatic rings. The Hall–Kier alpha value is -1.89. The van der Waals surface area contributed by atoms with E-state index in [0.717, 1.165) is 24.9 Å². The second-order valence-electron chi connectivity index (χ2n) is 5.44. The zero-order valence-corrected chi connectivity index (χ0v) is 13.4. The van der Waals surface area contributed by atoms with Crippen molar-refractivity contribution in [2.75, 3.05) is 20.2 Å². The van der Waals surface area contributed by atoms with Gasteiger partial charge in [-0.25, -0.2) is 0 Å². The molecule has 1 saturated heterocycles. The molecule has 1 atom stereocenters. The Morgan fingerprint density at radius 3 is 2.83 bits per heavy atom. The molecule has 1 N–H and O–H groups in total. The second kappa shape index (κ2) is 8.10. The zero-order valence-electron chi connectivity index (χ0n) is 13.4. The molecule has 1 aromatic carbocycles. The van der Waals surface area contributed by atoms with E-state index in [1.165, 1.54) is 6.07 Å². The first kappa shape index (κ1) is 17.5. The van der Waals surface area contributed by atoms with Gasteiger partial charge in [0.05, 0.1) is 12.6 Å². The topological polar surface area (TPSA) is 50.8 Å². The molecular formula is C16H22F2N2O3. The van der Waals surface area contributed by atoms with E-state index in [2.05, 4.69) is 10.1 Å². The number of carbonyl (C=O) groups excluding carboxylic acids is 1. The maximum absolute atomic E-state index is 12.4. The molecule has 0 aromatic heterocycles. The number of rotatable bonds is 7. The summed E-state index contributed by atoms with van der Waals surface area (Å²) in [5.74, 6) is 0.288. The number of likely N-dealkylation sites (N-methyl/N-ethyl adjacent to an activating group) is 1. The molecule has 128 valence electrons. The molecule has 23 heavy (non-hydrogen) atoms. The third kappa shape index (κ3) is 4.79. The lowest BCUT2D eigenvalue weighted by Crippen LogP contribution is -2.41. The molecule has 1 amide bonds. The van der Waals surface area contributed by atoms with Gasteiger partial charge in [-0.15, -0.1) is 0 Å². The molecule has 1 aliphatic heterocycles. The van der Waals surface area contributed by atoms with Crippen LogP contribution >= 0.6 is 0 Å². The Bertz CT molecular complexity index is 534. The van der Waals surface area contributed by atoms with Crippen LogP contribution in [0.25, 0.3) is 0 Å². The molecule has 0 aliphatic carbocycles. The largest absolute Gasteiger partial charge is 0.490 e. The van der Waals surface area contributed by atoms with Crippen LogP contribution in [0, 0.1) is 0 Å². The first-order valence-electron chi connectivity index (χ1n) is 7.70. The number of hydrogen-bond donors (Lipinski definition) is 1. The summed E-state index contributed by atoms with van der Waals surface area (Å²) in [7, 11) is 1.73. The van der Waals surface area contributed by atoms with Crippen molar-refractivity contribution in [3.05, 3.63) is 23.8 Å². The van der Waals surface area contributed by atoms with Crippen LogP contribution < -0.4 is 14.8 Å². The average Bonchev–Trinajstić information content (AvgIpc) is 3.03. The van der Waals surface area contributed by atoms with Gasteiger partial charge >= 0.3 is 6.61 Å². The Morgan fingerprint density at radius 1 is 1.43 bits per heavy atom. The van der Waals surface area contributed by atoms with E-state index in [9.17, 15) is 13.6 Å². The molecule has 2 rings (SSSR count). The fraction of sp³-hybridized carbons (Fsp3) is 0.562. The summed E-state index contributed by atoms with van der Waals surface area (Å²) in [5, 5.41) is 3.17. The van der Waals surface area contributed by atoms with E-state index in [4.69, 9.17) is 4.74 Å². The number of alkyl halides is 2. The van der Waals surface area contributed by atoms with Crippen molar-refractivity contribution in [3.63, 3.8) is 0 Å². The van der Waals surface area contributed by atoms with Crippen molar-refractivity contribution < 1.29 is 23.0 Å². The second-order valence-corrected chi connectivity index (χ2v) is 5.44. The summed E-state index contributed by atoms with van der Waals surface area (Å²) in [6, 6.07) is 4.60. The van der Waals surface area contributed by atoms with E-state index in [-0.39, 0.29) is 23.4 Å². The number of benzene rings is 1. The molecule has 0 saturated carbocycles. The molecule has 0 bridgehead atoms. The monoisotopic (exact) mass is 328 g/mol. The van der Waals surface area contributed by atoms with Crippen molar-refractivity contribution >= 4 is 5.91 Å². The number of ether oxygens (including phenoxy) is 2. The van der Waals surface area contributed by atoms with Gasteiger partial charge in [-0.1, -0.05) is 6.07 Å². The molecule has 7 heteroatoms. The van der Waals surface area contributed by atoms with Crippen molar-refractivity contribution in [2.45, 2.75) is 39.0 Å². The first-order chi connectivity index (χ1) is 11.0. The molecule has 1 heterocycles. The lowest BCUT2D eigenvalue weighted by Gasteiger charge is -2.22. The Labute approximate surface area is 134 Å². The van der Waals surface area contributed by atoms with E-state index in [0.29, 0.717) is 13.2 Å². The minimum absolute atomic E-state index is 0.00274. The fourth-order valence-electron chi connectivity index (χ4n) is 2.63. The van der Waals surface area contributed by atoms with Gasteiger partial charge < -0.3 is 19.7 Å².